The summed E-state index contributed by atoms with van der Waals surface area (Å²) in [5, 5.41) is 22.7. The number of benzene rings is 1. The first-order valence-corrected chi connectivity index (χ1v) is 6.02. The van der Waals surface area contributed by atoms with Crippen molar-refractivity contribution in [2.45, 2.75) is 6.92 Å². The van der Waals surface area contributed by atoms with Crippen LogP contribution in [-0.4, -0.2) is 32.5 Å². The molecule has 0 spiro atoms. The van der Waals surface area contributed by atoms with E-state index in [0.717, 1.165) is 6.07 Å². The number of rotatable bonds is 5. The van der Waals surface area contributed by atoms with Gasteiger partial charge in [0, 0.05) is 12.6 Å². The van der Waals surface area contributed by atoms with Crippen molar-refractivity contribution in [2.75, 3.05) is 11.9 Å². The van der Waals surface area contributed by atoms with Gasteiger partial charge in [0.05, 0.1) is 28.1 Å². The molecule has 0 amide bonds. The minimum Gasteiger partial charge on any atom is -0.481 e. The Morgan fingerprint density at radius 1 is 1.57 bits per heavy atom. The monoisotopic (exact) mass is 292 g/mol. The van der Waals surface area contributed by atoms with E-state index in [9.17, 15) is 19.7 Å². The predicted octanol–water partition coefficient (Wildman–Crippen LogP) is 0.964. The number of nitro benzene ring substituents is 1. The molecule has 9 nitrogen and oxygen atoms in total. The predicted molar refractivity (Wildman–Crippen MR) is 74.3 cm³/mol. The van der Waals surface area contributed by atoms with Gasteiger partial charge in [-0.15, -0.1) is 0 Å². The standard InChI is InChI=1S/C12H12N4O5/c1-6(12(18)19)4-13-9-3-8-7(2-10(9)16(20)21)11(17)15-5-14-8/h2-3,5-6,13H,4H2,1H3,(H,18,19)(H,14,15,17). The Morgan fingerprint density at radius 2 is 2.29 bits per heavy atom. The first-order valence-electron chi connectivity index (χ1n) is 6.02. The molecule has 0 aliphatic carbocycles. The summed E-state index contributed by atoms with van der Waals surface area (Å²) in [6, 6.07) is 2.48. The van der Waals surface area contributed by atoms with Crippen LogP contribution in [0.15, 0.2) is 23.3 Å². The summed E-state index contributed by atoms with van der Waals surface area (Å²) in [7, 11) is 0. The number of nitrogens with zero attached hydrogens (tertiary/aromatic N) is 2. The number of fused-ring (bicyclic) bond motifs is 1. The quantitative estimate of drug-likeness (QED) is 0.551. The van der Waals surface area contributed by atoms with Crippen molar-refractivity contribution in [3.05, 3.63) is 38.9 Å². The SMILES string of the molecule is CC(CNc1cc2nc[nH]c(=O)c2cc1[N+](=O)[O-])C(=O)O. The van der Waals surface area contributed by atoms with Gasteiger partial charge in [-0.25, -0.2) is 4.98 Å². The highest BCUT2D eigenvalue weighted by Gasteiger charge is 2.19. The van der Waals surface area contributed by atoms with E-state index in [1.54, 1.807) is 0 Å². The van der Waals surface area contributed by atoms with Gasteiger partial charge < -0.3 is 15.4 Å². The Morgan fingerprint density at radius 3 is 2.90 bits per heavy atom. The third kappa shape index (κ3) is 2.96. The molecule has 0 radical (unpaired) electrons. The van der Waals surface area contributed by atoms with E-state index in [4.69, 9.17) is 5.11 Å². The third-order valence-electron chi connectivity index (χ3n) is 2.97. The molecule has 0 saturated heterocycles. The van der Waals surface area contributed by atoms with E-state index >= 15 is 0 Å². The molecule has 3 N–H and O–H groups in total. The van der Waals surface area contributed by atoms with Crippen LogP contribution < -0.4 is 10.9 Å². The number of aromatic amines is 1. The Kier molecular flexibility index (Phi) is 3.83. The van der Waals surface area contributed by atoms with Gasteiger partial charge in [0.15, 0.2) is 0 Å². The summed E-state index contributed by atoms with van der Waals surface area (Å²) in [6.45, 7) is 1.50. The average molecular weight is 292 g/mol. The van der Waals surface area contributed by atoms with Crippen LogP contribution in [0.4, 0.5) is 11.4 Å². The summed E-state index contributed by atoms with van der Waals surface area (Å²) in [5.41, 5.74) is -0.374. The van der Waals surface area contributed by atoms with E-state index in [-0.39, 0.29) is 28.8 Å². The summed E-state index contributed by atoms with van der Waals surface area (Å²) >= 11 is 0. The Labute approximate surface area is 117 Å². The second-order valence-electron chi connectivity index (χ2n) is 4.50. The lowest BCUT2D eigenvalue weighted by Gasteiger charge is -2.10. The number of carbonyl (C=O) groups is 1. The van der Waals surface area contributed by atoms with Crippen molar-refractivity contribution < 1.29 is 14.8 Å². The first-order chi connectivity index (χ1) is 9.90. The number of nitrogens with one attached hydrogen (secondary N) is 2. The van der Waals surface area contributed by atoms with Crippen molar-refractivity contribution >= 4 is 28.2 Å². The molecule has 9 heteroatoms. The fourth-order valence-corrected chi connectivity index (χ4v) is 1.75. The fourth-order valence-electron chi connectivity index (χ4n) is 1.75. The lowest BCUT2D eigenvalue weighted by molar-refractivity contribution is -0.383. The molecule has 1 unspecified atom stereocenters. The smallest absolute Gasteiger partial charge is 0.308 e. The number of anilines is 1. The Hall–Kier alpha value is -2.97. The zero-order valence-electron chi connectivity index (χ0n) is 11.0. The average Bonchev–Trinajstić information content (AvgIpc) is 2.43. The molecule has 0 aliphatic heterocycles. The molecule has 0 fully saturated rings. The summed E-state index contributed by atoms with van der Waals surface area (Å²) in [5.74, 6) is -1.73. The molecule has 1 aromatic carbocycles. The van der Waals surface area contributed by atoms with Gasteiger partial charge in [-0.2, -0.15) is 0 Å². The Balaban J connectivity index is 2.46. The van der Waals surface area contributed by atoms with E-state index < -0.39 is 22.4 Å². The highest BCUT2D eigenvalue weighted by atomic mass is 16.6. The number of aliphatic carboxylic acids is 1. The number of carboxylic acids is 1. The van der Waals surface area contributed by atoms with Gasteiger partial charge in [0.2, 0.25) is 0 Å². The maximum atomic E-state index is 11.6. The summed E-state index contributed by atoms with van der Waals surface area (Å²) in [4.78, 5) is 39.1. The summed E-state index contributed by atoms with van der Waals surface area (Å²) in [6.07, 6.45) is 1.19. The van der Waals surface area contributed by atoms with E-state index in [1.807, 2.05) is 0 Å². The number of H-pyrrole nitrogens is 1. The van der Waals surface area contributed by atoms with Crippen LogP contribution in [0.25, 0.3) is 10.9 Å². The van der Waals surface area contributed by atoms with Crippen molar-refractivity contribution in [3.8, 4) is 0 Å². The van der Waals surface area contributed by atoms with Gasteiger partial charge in [0.25, 0.3) is 11.2 Å². The van der Waals surface area contributed by atoms with Crippen LogP contribution in [0, 0.1) is 16.0 Å². The van der Waals surface area contributed by atoms with E-state index in [1.165, 1.54) is 19.3 Å². The van der Waals surface area contributed by atoms with Gasteiger partial charge in [-0.3, -0.25) is 19.7 Å². The van der Waals surface area contributed by atoms with Crippen LogP contribution >= 0.6 is 0 Å². The largest absolute Gasteiger partial charge is 0.481 e. The highest BCUT2D eigenvalue weighted by molar-refractivity contribution is 5.86. The molecule has 0 saturated carbocycles. The maximum Gasteiger partial charge on any atom is 0.308 e. The molecular weight excluding hydrogens is 280 g/mol. The molecular formula is C12H12N4O5. The van der Waals surface area contributed by atoms with Crippen LogP contribution in [-0.2, 0) is 4.79 Å². The number of carboxylic acid groups (broad SMARTS) is 1. The Bertz CT molecular complexity index is 770. The third-order valence-corrected chi connectivity index (χ3v) is 2.97. The van der Waals surface area contributed by atoms with Gasteiger partial charge >= 0.3 is 5.97 Å². The van der Waals surface area contributed by atoms with Crippen molar-refractivity contribution in [1.82, 2.24) is 9.97 Å². The number of nitro groups is 1. The molecule has 21 heavy (non-hydrogen) atoms. The number of hydrogen-bond acceptors (Lipinski definition) is 6. The first kappa shape index (κ1) is 14.4. The van der Waals surface area contributed by atoms with Crippen LogP contribution in [0.5, 0.6) is 0 Å². The number of hydrogen-bond donors (Lipinski definition) is 3. The highest BCUT2D eigenvalue weighted by Crippen LogP contribution is 2.27. The van der Waals surface area contributed by atoms with Crippen molar-refractivity contribution in [2.24, 2.45) is 5.92 Å². The van der Waals surface area contributed by atoms with Gasteiger partial charge in [0.1, 0.15) is 5.69 Å². The molecule has 110 valence electrons. The van der Waals surface area contributed by atoms with Gasteiger partial charge in [-0.05, 0) is 6.07 Å². The molecule has 1 atom stereocenters. The minimum atomic E-state index is -1.01. The molecule has 0 aliphatic rings. The molecule has 1 heterocycles. The summed E-state index contributed by atoms with van der Waals surface area (Å²) < 4.78 is 0. The van der Waals surface area contributed by atoms with E-state index in [2.05, 4.69) is 15.3 Å². The zero-order valence-corrected chi connectivity index (χ0v) is 11.0. The van der Waals surface area contributed by atoms with Gasteiger partial charge in [-0.1, -0.05) is 6.92 Å². The molecule has 0 bridgehead atoms. The zero-order chi connectivity index (χ0) is 15.6. The van der Waals surface area contributed by atoms with Crippen LogP contribution in [0.1, 0.15) is 6.92 Å². The lowest BCUT2D eigenvalue weighted by atomic mass is 10.1. The normalized spacial score (nSPS) is 12.0. The van der Waals surface area contributed by atoms with Crippen LogP contribution in [0.3, 0.4) is 0 Å². The number of aromatic nitrogens is 2. The minimum absolute atomic E-state index is 0.0187. The fraction of sp³-hybridized carbons (Fsp3) is 0.250. The van der Waals surface area contributed by atoms with Crippen molar-refractivity contribution in [3.63, 3.8) is 0 Å². The topological polar surface area (TPSA) is 138 Å². The molecule has 2 aromatic rings. The molecule has 2 rings (SSSR count). The van der Waals surface area contributed by atoms with Crippen molar-refractivity contribution in [1.29, 1.82) is 0 Å². The second kappa shape index (κ2) is 5.57. The van der Waals surface area contributed by atoms with E-state index in [0.29, 0.717) is 0 Å². The van der Waals surface area contributed by atoms with Crippen LogP contribution in [0.2, 0.25) is 0 Å². The maximum absolute atomic E-state index is 11.6. The lowest BCUT2D eigenvalue weighted by Crippen LogP contribution is -2.20. The molecule has 1 aromatic heterocycles. The second-order valence-corrected chi connectivity index (χ2v) is 4.50.